The van der Waals surface area contributed by atoms with Gasteiger partial charge in [0, 0.05) is 11.7 Å². The number of nitrogens with one attached hydrogen (secondary N) is 1. The number of carboxylic acid groups (broad SMARTS) is 1. The first-order valence-corrected chi connectivity index (χ1v) is 4.13. The standard InChI is InChI=1S/C9H14N2O2/c1-4-7(5(2)10)6(3)11-8(4)9(12)13/h5,11H,10H2,1-3H3,(H,12,13). The number of rotatable bonds is 2. The third kappa shape index (κ3) is 1.58. The lowest BCUT2D eigenvalue weighted by atomic mass is 10.0. The lowest BCUT2D eigenvalue weighted by molar-refractivity contribution is 0.0690. The summed E-state index contributed by atoms with van der Waals surface area (Å²) >= 11 is 0. The van der Waals surface area contributed by atoms with E-state index in [2.05, 4.69) is 4.98 Å². The molecule has 1 heterocycles. The molecule has 4 N–H and O–H groups in total. The first-order chi connectivity index (χ1) is 5.95. The summed E-state index contributed by atoms with van der Waals surface area (Å²) in [6, 6.07) is -0.135. The van der Waals surface area contributed by atoms with Crippen LogP contribution in [0.1, 0.15) is 40.3 Å². The van der Waals surface area contributed by atoms with Crippen LogP contribution < -0.4 is 5.73 Å². The lowest BCUT2D eigenvalue weighted by Crippen LogP contribution is -2.07. The number of aryl methyl sites for hydroxylation is 1. The van der Waals surface area contributed by atoms with Crippen LogP contribution in [0.2, 0.25) is 0 Å². The average molecular weight is 182 g/mol. The van der Waals surface area contributed by atoms with Gasteiger partial charge >= 0.3 is 5.97 Å². The average Bonchev–Trinajstić information content (AvgIpc) is 2.26. The van der Waals surface area contributed by atoms with Gasteiger partial charge in [0.05, 0.1) is 0 Å². The summed E-state index contributed by atoms with van der Waals surface area (Å²) in [7, 11) is 0. The normalized spacial score (nSPS) is 12.9. The van der Waals surface area contributed by atoms with E-state index in [1.165, 1.54) is 0 Å². The summed E-state index contributed by atoms with van der Waals surface area (Å²) in [5.41, 5.74) is 8.43. The number of aromatic carboxylic acids is 1. The fourth-order valence-electron chi connectivity index (χ4n) is 1.66. The molecule has 0 spiro atoms. The molecule has 13 heavy (non-hydrogen) atoms. The molecule has 1 unspecified atom stereocenters. The van der Waals surface area contributed by atoms with Crippen LogP contribution in [0.4, 0.5) is 0 Å². The largest absolute Gasteiger partial charge is 0.477 e. The zero-order valence-corrected chi connectivity index (χ0v) is 8.01. The summed E-state index contributed by atoms with van der Waals surface area (Å²) < 4.78 is 0. The van der Waals surface area contributed by atoms with E-state index in [9.17, 15) is 4.79 Å². The van der Waals surface area contributed by atoms with Crippen LogP contribution in [0.3, 0.4) is 0 Å². The second-order valence-corrected chi connectivity index (χ2v) is 3.26. The third-order valence-electron chi connectivity index (χ3n) is 2.16. The molecule has 4 heteroatoms. The topological polar surface area (TPSA) is 79.1 Å². The van der Waals surface area contributed by atoms with Gasteiger partial charge in [-0.05, 0) is 31.9 Å². The number of hydrogen-bond donors (Lipinski definition) is 3. The Kier molecular flexibility index (Phi) is 2.43. The van der Waals surface area contributed by atoms with Gasteiger partial charge in [-0.25, -0.2) is 4.79 Å². The van der Waals surface area contributed by atoms with Gasteiger partial charge < -0.3 is 15.8 Å². The van der Waals surface area contributed by atoms with Crippen LogP contribution in [-0.2, 0) is 0 Å². The zero-order valence-electron chi connectivity index (χ0n) is 8.01. The first kappa shape index (κ1) is 9.80. The molecule has 0 aliphatic rings. The Balaban J connectivity index is 3.30. The Hall–Kier alpha value is -1.29. The van der Waals surface area contributed by atoms with Crippen molar-refractivity contribution in [1.82, 2.24) is 4.98 Å². The molecule has 0 bridgehead atoms. The van der Waals surface area contributed by atoms with Crippen molar-refractivity contribution in [3.8, 4) is 0 Å². The molecule has 0 saturated heterocycles. The maximum Gasteiger partial charge on any atom is 0.352 e. The Bertz CT molecular complexity index is 340. The van der Waals surface area contributed by atoms with E-state index >= 15 is 0 Å². The number of carbonyl (C=O) groups is 1. The van der Waals surface area contributed by atoms with Gasteiger partial charge in [-0.1, -0.05) is 0 Å². The highest BCUT2D eigenvalue weighted by molar-refractivity contribution is 5.88. The van der Waals surface area contributed by atoms with E-state index in [0.717, 1.165) is 16.8 Å². The Morgan fingerprint density at radius 1 is 1.54 bits per heavy atom. The SMILES string of the molecule is Cc1[nH]c(C(=O)O)c(C)c1C(C)N. The molecule has 0 saturated carbocycles. The Morgan fingerprint density at radius 2 is 2.08 bits per heavy atom. The molecule has 4 nitrogen and oxygen atoms in total. The van der Waals surface area contributed by atoms with Crippen LogP contribution in [0.25, 0.3) is 0 Å². The highest BCUT2D eigenvalue weighted by Gasteiger charge is 2.18. The van der Waals surface area contributed by atoms with Crippen molar-refractivity contribution in [3.63, 3.8) is 0 Å². The van der Waals surface area contributed by atoms with Gasteiger partial charge in [0.2, 0.25) is 0 Å². The predicted octanol–water partition coefficient (Wildman–Crippen LogP) is 1.35. The molecule has 1 atom stereocenters. The lowest BCUT2D eigenvalue weighted by Gasteiger charge is -2.05. The fraction of sp³-hybridized carbons (Fsp3) is 0.444. The molecular weight excluding hydrogens is 168 g/mol. The van der Waals surface area contributed by atoms with Crippen molar-refractivity contribution in [1.29, 1.82) is 0 Å². The van der Waals surface area contributed by atoms with Crippen molar-refractivity contribution in [2.45, 2.75) is 26.8 Å². The van der Waals surface area contributed by atoms with Gasteiger partial charge in [0.1, 0.15) is 5.69 Å². The summed E-state index contributed by atoms with van der Waals surface area (Å²) in [6.45, 7) is 5.44. The Labute approximate surface area is 76.8 Å². The maximum absolute atomic E-state index is 10.7. The minimum Gasteiger partial charge on any atom is -0.477 e. The van der Waals surface area contributed by atoms with Gasteiger partial charge in [0.15, 0.2) is 0 Å². The molecule has 1 aromatic rings. The van der Waals surface area contributed by atoms with Crippen LogP contribution in [-0.4, -0.2) is 16.1 Å². The van der Waals surface area contributed by atoms with Crippen LogP contribution >= 0.6 is 0 Å². The number of H-pyrrole nitrogens is 1. The van der Waals surface area contributed by atoms with Crippen molar-refractivity contribution >= 4 is 5.97 Å². The quantitative estimate of drug-likeness (QED) is 0.646. The van der Waals surface area contributed by atoms with Gasteiger partial charge in [0.25, 0.3) is 0 Å². The maximum atomic E-state index is 10.7. The molecular formula is C9H14N2O2. The molecule has 0 aliphatic heterocycles. The van der Waals surface area contributed by atoms with E-state index in [-0.39, 0.29) is 11.7 Å². The number of hydrogen-bond acceptors (Lipinski definition) is 2. The number of carboxylic acids is 1. The van der Waals surface area contributed by atoms with Gasteiger partial charge in [-0.15, -0.1) is 0 Å². The smallest absolute Gasteiger partial charge is 0.352 e. The van der Waals surface area contributed by atoms with E-state index in [4.69, 9.17) is 10.8 Å². The van der Waals surface area contributed by atoms with E-state index in [0.29, 0.717) is 0 Å². The summed E-state index contributed by atoms with van der Waals surface area (Å²) in [5.74, 6) is -0.937. The summed E-state index contributed by atoms with van der Waals surface area (Å²) in [5, 5.41) is 8.81. The van der Waals surface area contributed by atoms with Crippen LogP contribution in [0.15, 0.2) is 0 Å². The second kappa shape index (κ2) is 3.22. The Morgan fingerprint density at radius 3 is 2.31 bits per heavy atom. The molecule has 1 aromatic heterocycles. The number of nitrogens with two attached hydrogens (primary N) is 1. The van der Waals surface area contributed by atoms with E-state index < -0.39 is 5.97 Å². The zero-order chi connectivity index (χ0) is 10.2. The first-order valence-electron chi connectivity index (χ1n) is 4.13. The van der Waals surface area contributed by atoms with E-state index in [1.807, 2.05) is 13.8 Å². The van der Waals surface area contributed by atoms with Crippen molar-refractivity contribution in [3.05, 3.63) is 22.5 Å². The van der Waals surface area contributed by atoms with Gasteiger partial charge in [-0.3, -0.25) is 0 Å². The number of aromatic nitrogens is 1. The van der Waals surface area contributed by atoms with Crippen molar-refractivity contribution in [2.75, 3.05) is 0 Å². The third-order valence-corrected chi connectivity index (χ3v) is 2.16. The van der Waals surface area contributed by atoms with Crippen molar-refractivity contribution < 1.29 is 9.90 Å². The minimum absolute atomic E-state index is 0.135. The summed E-state index contributed by atoms with van der Waals surface area (Å²) in [6.07, 6.45) is 0. The summed E-state index contributed by atoms with van der Waals surface area (Å²) in [4.78, 5) is 13.6. The van der Waals surface area contributed by atoms with Crippen molar-refractivity contribution in [2.24, 2.45) is 5.73 Å². The molecule has 0 fully saturated rings. The number of aromatic amines is 1. The second-order valence-electron chi connectivity index (χ2n) is 3.26. The monoisotopic (exact) mass is 182 g/mol. The highest BCUT2D eigenvalue weighted by Crippen LogP contribution is 2.22. The predicted molar refractivity (Wildman–Crippen MR) is 49.8 cm³/mol. The van der Waals surface area contributed by atoms with E-state index in [1.54, 1.807) is 6.92 Å². The minimum atomic E-state index is -0.937. The van der Waals surface area contributed by atoms with Gasteiger partial charge in [-0.2, -0.15) is 0 Å². The highest BCUT2D eigenvalue weighted by atomic mass is 16.4. The molecule has 72 valence electrons. The van der Waals surface area contributed by atoms with Crippen LogP contribution in [0, 0.1) is 13.8 Å². The molecule has 0 amide bonds. The van der Waals surface area contributed by atoms with Crippen LogP contribution in [0.5, 0.6) is 0 Å². The molecule has 0 radical (unpaired) electrons. The fourth-order valence-corrected chi connectivity index (χ4v) is 1.66. The molecule has 0 aromatic carbocycles. The molecule has 0 aliphatic carbocycles. The molecule has 1 rings (SSSR count).